The summed E-state index contributed by atoms with van der Waals surface area (Å²) in [4.78, 5) is 0. The van der Waals surface area contributed by atoms with Crippen LogP contribution in [0.2, 0.25) is 0 Å². The molecule has 0 aliphatic rings. The molecule has 0 aliphatic heterocycles. The molecule has 3 heteroatoms. The van der Waals surface area contributed by atoms with E-state index in [1.54, 1.807) is 18.2 Å². The van der Waals surface area contributed by atoms with Gasteiger partial charge in [-0.3, -0.25) is 0 Å². The zero-order chi connectivity index (χ0) is 7.98. The Hall–Kier alpha value is -1.69. The maximum absolute atomic E-state index is 8.23. The van der Waals surface area contributed by atoms with Crippen LogP contribution in [-0.4, -0.2) is 0 Å². The van der Waals surface area contributed by atoms with Crippen molar-refractivity contribution in [2.24, 2.45) is 11.5 Å². The van der Waals surface area contributed by atoms with E-state index in [-0.39, 0.29) is 11.4 Å². The molecule has 0 heterocycles. The van der Waals surface area contributed by atoms with Crippen LogP contribution in [0.15, 0.2) is 36.2 Å². The highest BCUT2D eigenvalue weighted by Gasteiger charge is 1.89. The minimum Gasteiger partial charge on any atom is -0.396 e. The summed E-state index contributed by atoms with van der Waals surface area (Å²) >= 11 is 0. The van der Waals surface area contributed by atoms with Crippen molar-refractivity contribution in [2.75, 3.05) is 0 Å². The summed E-state index contributed by atoms with van der Waals surface area (Å²) in [7, 11) is 0. The van der Waals surface area contributed by atoms with Gasteiger partial charge in [-0.25, -0.2) is 0 Å². The lowest BCUT2D eigenvalue weighted by atomic mass is 10.3. The van der Waals surface area contributed by atoms with Crippen LogP contribution in [0.5, 0.6) is 0 Å². The van der Waals surface area contributed by atoms with E-state index in [1.807, 2.05) is 0 Å². The van der Waals surface area contributed by atoms with Crippen molar-refractivity contribution in [3.05, 3.63) is 36.2 Å². The molecular formula is C7H9N3. The average Bonchev–Trinajstić information content (AvgIpc) is 1.98. The fraction of sp³-hybridized carbons (Fsp3) is 0. The van der Waals surface area contributed by atoms with Crippen molar-refractivity contribution >= 4 is 0 Å². The Morgan fingerprint density at radius 2 is 2.10 bits per heavy atom. The minimum absolute atomic E-state index is 0.0260. The van der Waals surface area contributed by atoms with Gasteiger partial charge in [-0.15, -0.1) is 0 Å². The molecule has 0 spiro atoms. The molecule has 0 aromatic rings. The number of nitrogens with zero attached hydrogens (tertiary/aromatic N) is 1. The summed E-state index contributed by atoms with van der Waals surface area (Å²) in [6.07, 6.45) is 4.68. The Bertz CT molecular complexity index is 217. The molecule has 0 atom stereocenters. The van der Waals surface area contributed by atoms with E-state index < -0.39 is 0 Å². The lowest BCUT2D eigenvalue weighted by molar-refractivity contribution is 1.27. The van der Waals surface area contributed by atoms with Crippen molar-refractivity contribution in [3.8, 4) is 6.07 Å². The van der Waals surface area contributed by atoms with Gasteiger partial charge in [-0.1, -0.05) is 18.7 Å². The van der Waals surface area contributed by atoms with E-state index in [1.165, 1.54) is 6.08 Å². The highest BCUT2D eigenvalue weighted by Crippen LogP contribution is 1.90. The van der Waals surface area contributed by atoms with Crippen LogP contribution in [0.25, 0.3) is 0 Å². The molecule has 10 heavy (non-hydrogen) atoms. The second kappa shape index (κ2) is 4.21. The molecule has 0 saturated heterocycles. The van der Waals surface area contributed by atoms with Crippen molar-refractivity contribution in [1.82, 2.24) is 0 Å². The van der Waals surface area contributed by atoms with Crippen LogP contribution in [0.3, 0.4) is 0 Å². The smallest absolute Gasteiger partial charge is 0.134 e. The Labute approximate surface area is 59.9 Å². The Balaban J connectivity index is 4.36. The predicted molar refractivity (Wildman–Crippen MR) is 40.4 cm³/mol. The van der Waals surface area contributed by atoms with Crippen LogP contribution < -0.4 is 11.5 Å². The highest BCUT2D eigenvalue weighted by molar-refractivity contribution is 5.30. The number of nitrogens with two attached hydrogens (primary N) is 2. The standard InChI is InChI=1S/C7H9N3/c1-2-3-4-6(9)7(10)5-8/h2-4H,1,9-10H2. The van der Waals surface area contributed by atoms with Gasteiger partial charge in [0, 0.05) is 0 Å². The van der Waals surface area contributed by atoms with Gasteiger partial charge < -0.3 is 11.5 Å². The number of hydrogen-bond donors (Lipinski definition) is 2. The van der Waals surface area contributed by atoms with Crippen molar-refractivity contribution in [2.45, 2.75) is 0 Å². The number of nitriles is 1. The molecule has 52 valence electrons. The molecule has 0 fully saturated rings. The third-order valence-corrected chi connectivity index (χ3v) is 0.843. The monoisotopic (exact) mass is 135 g/mol. The molecule has 0 radical (unpaired) electrons. The summed E-state index contributed by atoms with van der Waals surface area (Å²) in [5, 5.41) is 8.23. The largest absolute Gasteiger partial charge is 0.396 e. The minimum atomic E-state index is 0.0260. The fourth-order valence-electron chi connectivity index (χ4n) is 0.326. The number of allylic oxidation sites excluding steroid dienone is 4. The molecular weight excluding hydrogens is 126 g/mol. The first-order chi connectivity index (χ1) is 4.72. The van der Waals surface area contributed by atoms with Crippen LogP contribution in [0, 0.1) is 11.3 Å². The van der Waals surface area contributed by atoms with Gasteiger partial charge in [0.15, 0.2) is 0 Å². The van der Waals surface area contributed by atoms with Gasteiger partial charge in [0.05, 0.1) is 5.70 Å². The lowest BCUT2D eigenvalue weighted by Gasteiger charge is -1.90. The van der Waals surface area contributed by atoms with E-state index in [0.717, 1.165) is 0 Å². The molecule has 0 aliphatic carbocycles. The van der Waals surface area contributed by atoms with E-state index in [4.69, 9.17) is 16.7 Å². The normalized spacial score (nSPS) is 12.3. The van der Waals surface area contributed by atoms with Gasteiger partial charge in [0.2, 0.25) is 0 Å². The Morgan fingerprint density at radius 1 is 1.50 bits per heavy atom. The molecule has 3 nitrogen and oxygen atoms in total. The predicted octanol–water partition coefficient (Wildman–Crippen LogP) is 0.381. The average molecular weight is 135 g/mol. The van der Waals surface area contributed by atoms with Gasteiger partial charge >= 0.3 is 0 Å². The lowest BCUT2D eigenvalue weighted by Crippen LogP contribution is -2.05. The van der Waals surface area contributed by atoms with Gasteiger partial charge in [-0.2, -0.15) is 5.26 Å². The van der Waals surface area contributed by atoms with Crippen LogP contribution >= 0.6 is 0 Å². The van der Waals surface area contributed by atoms with Gasteiger partial charge in [0.1, 0.15) is 11.8 Å². The highest BCUT2D eigenvalue weighted by atomic mass is 14.7. The Kier molecular flexibility index (Phi) is 3.50. The van der Waals surface area contributed by atoms with Gasteiger partial charge in [-0.05, 0) is 6.08 Å². The van der Waals surface area contributed by atoms with E-state index >= 15 is 0 Å². The van der Waals surface area contributed by atoms with Crippen molar-refractivity contribution in [1.29, 1.82) is 5.26 Å². The quantitative estimate of drug-likeness (QED) is 0.424. The maximum atomic E-state index is 8.23. The molecule has 4 N–H and O–H groups in total. The summed E-state index contributed by atoms with van der Waals surface area (Å²) in [5.41, 5.74) is 10.8. The summed E-state index contributed by atoms with van der Waals surface area (Å²) in [6.45, 7) is 3.43. The molecule has 0 aromatic heterocycles. The molecule has 0 bridgehead atoms. The topological polar surface area (TPSA) is 75.8 Å². The van der Waals surface area contributed by atoms with Crippen LogP contribution in [0.4, 0.5) is 0 Å². The first-order valence-corrected chi connectivity index (χ1v) is 2.66. The first-order valence-electron chi connectivity index (χ1n) is 2.66. The second-order valence-electron chi connectivity index (χ2n) is 1.58. The van der Waals surface area contributed by atoms with E-state index in [9.17, 15) is 0 Å². The third kappa shape index (κ3) is 2.58. The number of rotatable bonds is 2. The first kappa shape index (κ1) is 8.31. The summed E-state index contributed by atoms with van der Waals surface area (Å²) in [6, 6.07) is 1.72. The molecule has 0 amide bonds. The second-order valence-corrected chi connectivity index (χ2v) is 1.58. The third-order valence-electron chi connectivity index (χ3n) is 0.843. The van der Waals surface area contributed by atoms with Gasteiger partial charge in [0.25, 0.3) is 0 Å². The van der Waals surface area contributed by atoms with Crippen LogP contribution in [-0.2, 0) is 0 Å². The number of hydrogen-bond acceptors (Lipinski definition) is 3. The molecule has 0 rings (SSSR count). The zero-order valence-corrected chi connectivity index (χ0v) is 5.54. The fourth-order valence-corrected chi connectivity index (χ4v) is 0.326. The summed E-state index contributed by atoms with van der Waals surface area (Å²) in [5.74, 6) is 0. The molecule has 0 saturated carbocycles. The SMILES string of the molecule is C=CC=CC(N)=C(N)C#N. The zero-order valence-electron chi connectivity index (χ0n) is 5.54. The molecule has 0 aromatic carbocycles. The Morgan fingerprint density at radius 3 is 2.50 bits per heavy atom. The molecule has 0 unspecified atom stereocenters. The van der Waals surface area contributed by atoms with E-state index in [2.05, 4.69) is 6.58 Å². The van der Waals surface area contributed by atoms with Crippen LogP contribution in [0.1, 0.15) is 0 Å². The van der Waals surface area contributed by atoms with E-state index in [0.29, 0.717) is 0 Å². The van der Waals surface area contributed by atoms with Crippen molar-refractivity contribution < 1.29 is 0 Å². The maximum Gasteiger partial charge on any atom is 0.134 e. The summed E-state index contributed by atoms with van der Waals surface area (Å²) < 4.78 is 0. The van der Waals surface area contributed by atoms with Crippen molar-refractivity contribution in [3.63, 3.8) is 0 Å².